The second-order valence-corrected chi connectivity index (χ2v) is 5.87. The van der Waals surface area contributed by atoms with E-state index in [-0.39, 0.29) is 28.7 Å². The van der Waals surface area contributed by atoms with E-state index in [0.29, 0.717) is 31.9 Å². The fourth-order valence-corrected chi connectivity index (χ4v) is 3.01. The molecule has 0 bridgehead atoms. The van der Waals surface area contributed by atoms with Crippen molar-refractivity contribution in [1.29, 1.82) is 0 Å². The number of nitro benzene ring substituents is 1. The Hall–Kier alpha value is -3.16. The molecule has 7 nitrogen and oxygen atoms in total. The normalized spacial score (nSPS) is 14.2. The van der Waals surface area contributed by atoms with Crippen molar-refractivity contribution in [3.63, 3.8) is 0 Å². The molecule has 0 atom stereocenters. The number of amides is 1. The van der Waals surface area contributed by atoms with E-state index in [0.717, 1.165) is 0 Å². The zero-order chi connectivity index (χ0) is 18.7. The summed E-state index contributed by atoms with van der Waals surface area (Å²) in [5.41, 5.74) is 0.500. The number of piperazine rings is 1. The number of carbonyl (C=O) groups is 1. The minimum absolute atomic E-state index is 0.107. The quantitative estimate of drug-likeness (QED) is 0.620. The molecule has 0 aliphatic carbocycles. The topological polar surface area (TPSA) is 75.9 Å². The van der Waals surface area contributed by atoms with Crippen LogP contribution in [0.4, 0.5) is 15.8 Å². The van der Waals surface area contributed by atoms with Crippen LogP contribution >= 0.6 is 0 Å². The Morgan fingerprint density at radius 1 is 1.15 bits per heavy atom. The maximum atomic E-state index is 13.9. The van der Waals surface area contributed by atoms with E-state index < -0.39 is 4.92 Å². The van der Waals surface area contributed by atoms with Crippen molar-refractivity contribution in [1.82, 2.24) is 4.90 Å². The summed E-state index contributed by atoms with van der Waals surface area (Å²) in [5.74, 6) is -0.474. The zero-order valence-corrected chi connectivity index (χ0v) is 14.2. The first kappa shape index (κ1) is 17.7. The van der Waals surface area contributed by atoms with Crippen LogP contribution in [0.3, 0.4) is 0 Å². The van der Waals surface area contributed by atoms with E-state index in [1.54, 1.807) is 23.1 Å². The first-order valence-corrected chi connectivity index (χ1v) is 8.12. The van der Waals surface area contributed by atoms with Crippen molar-refractivity contribution in [3.8, 4) is 5.75 Å². The summed E-state index contributed by atoms with van der Waals surface area (Å²) < 4.78 is 18.8. The molecule has 1 aliphatic heterocycles. The Morgan fingerprint density at radius 2 is 1.85 bits per heavy atom. The fourth-order valence-electron chi connectivity index (χ4n) is 3.01. The molecule has 2 aromatic rings. The molecule has 0 spiro atoms. The molecule has 26 heavy (non-hydrogen) atoms. The lowest BCUT2D eigenvalue weighted by Crippen LogP contribution is -2.49. The first-order valence-electron chi connectivity index (χ1n) is 8.12. The SMILES string of the molecule is COc1ccc(C(=O)N2CCN(c3ccccc3F)CC2)cc1[N+](=O)[O-]. The summed E-state index contributed by atoms with van der Waals surface area (Å²) in [7, 11) is 1.34. The predicted octanol–water partition coefficient (Wildman–Crippen LogP) is 2.70. The van der Waals surface area contributed by atoms with Gasteiger partial charge in [-0.05, 0) is 24.3 Å². The number of anilines is 1. The summed E-state index contributed by atoms with van der Waals surface area (Å²) in [6, 6.07) is 10.7. The maximum absolute atomic E-state index is 13.9. The Bertz CT molecular complexity index is 835. The van der Waals surface area contributed by atoms with Crippen LogP contribution in [-0.2, 0) is 0 Å². The molecular weight excluding hydrogens is 341 g/mol. The molecule has 1 heterocycles. The van der Waals surface area contributed by atoms with Gasteiger partial charge in [0, 0.05) is 37.8 Å². The molecular formula is C18H18FN3O4. The number of benzene rings is 2. The van der Waals surface area contributed by atoms with Crippen LogP contribution in [-0.4, -0.2) is 49.0 Å². The van der Waals surface area contributed by atoms with Gasteiger partial charge in [0.25, 0.3) is 5.91 Å². The highest BCUT2D eigenvalue weighted by Gasteiger charge is 2.25. The van der Waals surface area contributed by atoms with Crippen LogP contribution < -0.4 is 9.64 Å². The highest BCUT2D eigenvalue weighted by molar-refractivity contribution is 5.95. The molecule has 0 N–H and O–H groups in total. The number of methoxy groups -OCH3 is 1. The van der Waals surface area contributed by atoms with Gasteiger partial charge in [-0.3, -0.25) is 14.9 Å². The van der Waals surface area contributed by atoms with Crippen molar-refractivity contribution in [2.75, 3.05) is 38.2 Å². The Kier molecular flexibility index (Phi) is 5.01. The molecule has 8 heteroatoms. The largest absolute Gasteiger partial charge is 0.490 e. The Morgan fingerprint density at radius 3 is 2.46 bits per heavy atom. The van der Waals surface area contributed by atoms with Crippen LogP contribution in [0.2, 0.25) is 0 Å². The van der Waals surface area contributed by atoms with E-state index >= 15 is 0 Å². The van der Waals surface area contributed by atoms with Crippen LogP contribution in [0, 0.1) is 15.9 Å². The summed E-state index contributed by atoms with van der Waals surface area (Å²) in [5, 5.41) is 11.1. The van der Waals surface area contributed by atoms with Crippen LogP contribution in [0.1, 0.15) is 10.4 Å². The average molecular weight is 359 g/mol. The minimum atomic E-state index is -0.578. The smallest absolute Gasteiger partial charge is 0.311 e. The van der Waals surface area contributed by atoms with Crippen LogP contribution in [0.5, 0.6) is 5.75 Å². The molecule has 0 radical (unpaired) electrons. The molecule has 0 saturated carbocycles. The van der Waals surface area contributed by atoms with E-state index in [2.05, 4.69) is 0 Å². The van der Waals surface area contributed by atoms with Crippen molar-refractivity contribution < 1.29 is 18.8 Å². The minimum Gasteiger partial charge on any atom is -0.490 e. The van der Waals surface area contributed by atoms with Crippen molar-refractivity contribution in [2.45, 2.75) is 0 Å². The fraction of sp³-hybridized carbons (Fsp3) is 0.278. The average Bonchev–Trinajstić information content (AvgIpc) is 2.67. The van der Waals surface area contributed by atoms with Gasteiger partial charge in [0.1, 0.15) is 5.82 Å². The second kappa shape index (κ2) is 7.38. The lowest BCUT2D eigenvalue weighted by molar-refractivity contribution is -0.385. The van der Waals surface area contributed by atoms with E-state index in [9.17, 15) is 19.3 Å². The van der Waals surface area contributed by atoms with Gasteiger partial charge in [-0.15, -0.1) is 0 Å². The molecule has 3 rings (SSSR count). The molecule has 0 aromatic heterocycles. The summed E-state index contributed by atoms with van der Waals surface area (Å²) in [6.07, 6.45) is 0. The number of carbonyl (C=O) groups excluding carboxylic acids is 1. The van der Waals surface area contributed by atoms with Gasteiger partial charge in [0.2, 0.25) is 0 Å². The standard InChI is InChI=1S/C18H18FN3O4/c1-26-17-7-6-13(12-16(17)22(24)25)18(23)21-10-8-20(9-11-21)15-5-3-2-4-14(15)19/h2-7,12H,8-11H2,1H3. The molecule has 2 aromatic carbocycles. The number of rotatable bonds is 4. The molecule has 136 valence electrons. The van der Waals surface area contributed by atoms with E-state index in [1.165, 1.54) is 31.4 Å². The van der Waals surface area contributed by atoms with Crippen LogP contribution in [0.15, 0.2) is 42.5 Å². The molecule has 1 fully saturated rings. The van der Waals surface area contributed by atoms with Gasteiger partial charge < -0.3 is 14.5 Å². The van der Waals surface area contributed by atoms with Crippen molar-refractivity contribution >= 4 is 17.3 Å². The first-order chi connectivity index (χ1) is 12.5. The van der Waals surface area contributed by atoms with E-state index in [4.69, 9.17) is 4.74 Å². The summed E-state index contributed by atoms with van der Waals surface area (Å²) in [6.45, 7) is 1.80. The number of hydrogen-bond acceptors (Lipinski definition) is 5. The number of hydrogen-bond donors (Lipinski definition) is 0. The lowest BCUT2D eigenvalue weighted by atomic mass is 10.1. The van der Waals surface area contributed by atoms with Gasteiger partial charge in [-0.2, -0.15) is 0 Å². The number of nitrogens with zero attached hydrogens (tertiary/aromatic N) is 3. The molecule has 1 amide bonds. The number of ether oxygens (including phenoxy) is 1. The van der Waals surface area contributed by atoms with Crippen molar-refractivity contribution in [2.24, 2.45) is 0 Å². The van der Waals surface area contributed by atoms with Gasteiger partial charge in [0.15, 0.2) is 5.75 Å². The van der Waals surface area contributed by atoms with Gasteiger partial charge in [-0.1, -0.05) is 12.1 Å². The number of nitro groups is 1. The monoisotopic (exact) mass is 359 g/mol. The third-order valence-corrected chi connectivity index (χ3v) is 4.38. The molecule has 0 unspecified atom stereocenters. The van der Waals surface area contributed by atoms with Crippen LogP contribution in [0.25, 0.3) is 0 Å². The Balaban J connectivity index is 1.72. The molecule has 1 saturated heterocycles. The van der Waals surface area contributed by atoms with Crippen molar-refractivity contribution in [3.05, 3.63) is 64.0 Å². The number of para-hydroxylation sites is 1. The highest BCUT2D eigenvalue weighted by Crippen LogP contribution is 2.28. The number of halogens is 1. The highest BCUT2D eigenvalue weighted by atomic mass is 19.1. The summed E-state index contributed by atoms with van der Waals surface area (Å²) >= 11 is 0. The predicted molar refractivity (Wildman–Crippen MR) is 94.2 cm³/mol. The van der Waals surface area contributed by atoms with E-state index in [1.807, 2.05) is 4.90 Å². The third kappa shape index (κ3) is 3.44. The lowest BCUT2D eigenvalue weighted by Gasteiger charge is -2.36. The second-order valence-electron chi connectivity index (χ2n) is 5.87. The molecule has 1 aliphatic rings. The van der Waals surface area contributed by atoms with Gasteiger partial charge in [0.05, 0.1) is 17.7 Å². The van der Waals surface area contributed by atoms with Gasteiger partial charge in [-0.25, -0.2) is 4.39 Å². The third-order valence-electron chi connectivity index (χ3n) is 4.38. The maximum Gasteiger partial charge on any atom is 0.311 e. The summed E-state index contributed by atoms with van der Waals surface area (Å²) in [4.78, 5) is 26.7. The zero-order valence-electron chi connectivity index (χ0n) is 14.2. The Labute approximate surface area is 149 Å². The van der Waals surface area contributed by atoms with Gasteiger partial charge >= 0.3 is 5.69 Å².